The van der Waals surface area contributed by atoms with Gasteiger partial charge in [-0.1, -0.05) is 23.7 Å². The van der Waals surface area contributed by atoms with Gasteiger partial charge in [-0.15, -0.1) is 0 Å². The minimum absolute atomic E-state index is 0.218. The van der Waals surface area contributed by atoms with Gasteiger partial charge in [0, 0.05) is 0 Å². The van der Waals surface area contributed by atoms with Gasteiger partial charge in [0.05, 0.1) is 24.6 Å². The van der Waals surface area contributed by atoms with Crippen LogP contribution < -0.4 is 10.1 Å². The minimum atomic E-state index is -0.319. The maximum absolute atomic E-state index is 12.1. The van der Waals surface area contributed by atoms with Gasteiger partial charge >= 0.3 is 0 Å². The van der Waals surface area contributed by atoms with Crippen molar-refractivity contribution < 1.29 is 9.53 Å². The largest absolute Gasteiger partial charge is 0.493 e. The number of para-hydroxylation sites is 1. The van der Waals surface area contributed by atoms with E-state index in [2.05, 4.69) is 15.3 Å². The number of ether oxygens (including phenoxy) is 1. The smallest absolute Gasteiger partial charge is 0.260 e. The van der Waals surface area contributed by atoms with Crippen molar-refractivity contribution in [3.63, 3.8) is 0 Å². The molecule has 1 heterocycles. The zero-order valence-corrected chi connectivity index (χ0v) is 11.0. The van der Waals surface area contributed by atoms with Crippen molar-refractivity contribution in [3.05, 3.63) is 47.4 Å². The summed E-state index contributed by atoms with van der Waals surface area (Å²) >= 11 is 5.71. The number of anilines is 1. The van der Waals surface area contributed by atoms with E-state index in [4.69, 9.17) is 16.3 Å². The summed E-state index contributed by atoms with van der Waals surface area (Å²) in [6.07, 6.45) is 2.82. The van der Waals surface area contributed by atoms with Gasteiger partial charge in [0.1, 0.15) is 10.9 Å². The lowest BCUT2D eigenvalue weighted by atomic mass is 10.2. The topological polar surface area (TPSA) is 64.1 Å². The van der Waals surface area contributed by atoms with Gasteiger partial charge in [-0.2, -0.15) is 0 Å². The molecule has 0 aliphatic carbocycles. The summed E-state index contributed by atoms with van der Waals surface area (Å²) in [7, 11) is 0. The highest BCUT2D eigenvalue weighted by Crippen LogP contribution is 2.19. The fourth-order valence-electron chi connectivity index (χ4n) is 1.52. The lowest BCUT2D eigenvalue weighted by Gasteiger charge is -2.09. The molecule has 6 heteroatoms. The average molecular weight is 278 g/mol. The van der Waals surface area contributed by atoms with E-state index in [0.29, 0.717) is 23.7 Å². The Bertz CT molecular complexity index is 590. The number of benzene rings is 1. The van der Waals surface area contributed by atoms with Crippen LogP contribution in [0, 0.1) is 0 Å². The van der Waals surface area contributed by atoms with Crippen LogP contribution in [0.3, 0.4) is 0 Å². The van der Waals surface area contributed by atoms with E-state index >= 15 is 0 Å². The van der Waals surface area contributed by atoms with Crippen LogP contribution in [0.4, 0.5) is 5.82 Å². The van der Waals surface area contributed by atoms with E-state index < -0.39 is 0 Å². The Morgan fingerprint density at radius 3 is 2.89 bits per heavy atom. The van der Waals surface area contributed by atoms with Gasteiger partial charge in [-0.25, -0.2) is 4.98 Å². The Kier molecular flexibility index (Phi) is 4.30. The fraction of sp³-hybridized carbons (Fsp3) is 0.154. The van der Waals surface area contributed by atoms with Crippen molar-refractivity contribution in [1.82, 2.24) is 9.97 Å². The number of aromatic nitrogens is 2. The van der Waals surface area contributed by atoms with E-state index in [1.165, 1.54) is 12.4 Å². The number of carbonyl (C=O) groups is 1. The highest BCUT2D eigenvalue weighted by atomic mass is 35.5. The molecule has 0 saturated carbocycles. The second kappa shape index (κ2) is 6.15. The molecule has 1 N–H and O–H groups in total. The van der Waals surface area contributed by atoms with Crippen LogP contribution in [0.25, 0.3) is 0 Å². The summed E-state index contributed by atoms with van der Waals surface area (Å²) < 4.78 is 5.40. The van der Waals surface area contributed by atoms with Crippen LogP contribution in [-0.4, -0.2) is 22.5 Å². The minimum Gasteiger partial charge on any atom is -0.493 e. The number of carbonyl (C=O) groups excluding carboxylic acids is 1. The lowest BCUT2D eigenvalue weighted by molar-refractivity contribution is 0.102. The van der Waals surface area contributed by atoms with Gasteiger partial charge in [0.25, 0.3) is 5.91 Å². The number of amides is 1. The summed E-state index contributed by atoms with van der Waals surface area (Å²) in [6, 6.07) is 6.99. The molecule has 5 nitrogen and oxygen atoms in total. The molecule has 0 atom stereocenters. The van der Waals surface area contributed by atoms with E-state index in [1.54, 1.807) is 24.3 Å². The molecule has 1 aromatic heterocycles. The van der Waals surface area contributed by atoms with Crippen molar-refractivity contribution in [2.75, 3.05) is 11.9 Å². The molecule has 1 aromatic carbocycles. The second-order valence-corrected chi connectivity index (χ2v) is 4.00. The molecule has 0 saturated heterocycles. The molecular formula is C13H12ClN3O2. The molecule has 2 aromatic rings. The van der Waals surface area contributed by atoms with E-state index in [-0.39, 0.29) is 11.1 Å². The van der Waals surface area contributed by atoms with Crippen molar-refractivity contribution in [1.29, 1.82) is 0 Å². The predicted octanol–water partition coefficient (Wildman–Crippen LogP) is 2.78. The summed E-state index contributed by atoms with van der Waals surface area (Å²) in [5, 5.41) is 2.84. The number of hydrogen-bond acceptors (Lipinski definition) is 4. The van der Waals surface area contributed by atoms with E-state index in [0.717, 1.165) is 0 Å². The van der Waals surface area contributed by atoms with Gasteiger partial charge in [0.2, 0.25) is 0 Å². The van der Waals surface area contributed by atoms with Crippen LogP contribution in [0.15, 0.2) is 36.7 Å². The molecular weight excluding hydrogens is 266 g/mol. The highest BCUT2D eigenvalue weighted by molar-refractivity contribution is 6.29. The molecule has 0 aliphatic heterocycles. The van der Waals surface area contributed by atoms with Gasteiger partial charge in [-0.05, 0) is 19.1 Å². The van der Waals surface area contributed by atoms with Crippen molar-refractivity contribution >= 4 is 23.3 Å². The highest BCUT2D eigenvalue weighted by Gasteiger charge is 2.12. The Morgan fingerprint density at radius 2 is 2.16 bits per heavy atom. The summed E-state index contributed by atoms with van der Waals surface area (Å²) in [5.74, 6) is 0.502. The zero-order chi connectivity index (χ0) is 13.7. The maximum atomic E-state index is 12.1. The molecule has 0 aliphatic rings. The first-order valence-electron chi connectivity index (χ1n) is 5.71. The van der Waals surface area contributed by atoms with E-state index in [9.17, 15) is 4.79 Å². The second-order valence-electron chi connectivity index (χ2n) is 3.61. The molecule has 98 valence electrons. The third-order valence-corrected chi connectivity index (χ3v) is 2.46. The van der Waals surface area contributed by atoms with Crippen LogP contribution in [0.2, 0.25) is 5.15 Å². The quantitative estimate of drug-likeness (QED) is 0.933. The van der Waals surface area contributed by atoms with Gasteiger partial charge < -0.3 is 10.1 Å². The third kappa shape index (κ3) is 3.42. The molecule has 2 rings (SSSR count). The third-order valence-electron chi connectivity index (χ3n) is 2.28. The number of hydrogen-bond donors (Lipinski definition) is 1. The molecule has 0 unspecified atom stereocenters. The monoisotopic (exact) mass is 277 g/mol. The van der Waals surface area contributed by atoms with Crippen LogP contribution in [0.1, 0.15) is 17.3 Å². The Hall–Kier alpha value is -2.14. The number of rotatable bonds is 4. The first-order valence-corrected chi connectivity index (χ1v) is 6.09. The van der Waals surface area contributed by atoms with Gasteiger partial charge in [-0.3, -0.25) is 9.78 Å². The Morgan fingerprint density at radius 1 is 1.37 bits per heavy atom. The van der Waals surface area contributed by atoms with Crippen LogP contribution in [0.5, 0.6) is 5.75 Å². The van der Waals surface area contributed by atoms with Crippen molar-refractivity contribution in [2.24, 2.45) is 0 Å². The predicted molar refractivity (Wildman–Crippen MR) is 72.6 cm³/mol. The molecule has 0 bridgehead atoms. The van der Waals surface area contributed by atoms with Crippen LogP contribution >= 0.6 is 11.6 Å². The number of halogens is 1. The lowest BCUT2D eigenvalue weighted by Crippen LogP contribution is -2.14. The molecule has 19 heavy (non-hydrogen) atoms. The molecule has 0 radical (unpaired) electrons. The van der Waals surface area contributed by atoms with Crippen molar-refractivity contribution in [3.8, 4) is 5.75 Å². The number of nitrogens with one attached hydrogen (secondary N) is 1. The van der Waals surface area contributed by atoms with Crippen LogP contribution in [-0.2, 0) is 0 Å². The molecule has 1 amide bonds. The summed E-state index contributed by atoms with van der Waals surface area (Å²) in [6.45, 7) is 2.35. The Labute approximate surface area is 115 Å². The fourth-order valence-corrected chi connectivity index (χ4v) is 1.67. The Balaban J connectivity index is 2.20. The SMILES string of the molecule is CCOc1ccccc1C(=O)Nc1cncc(Cl)n1. The summed E-state index contributed by atoms with van der Waals surface area (Å²) in [4.78, 5) is 19.9. The molecule has 0 spiro atoms. The zero-order valence-electron chi connectivity index (χ0n) is 10.3. The maximum Gasteiger partial charge on any atom is 0.260 e. The first kappa shape index (κ1) is 13.3. The first-order chi connectivity index (χ1) is 9.20. The van der Waals surface area contributed by atoms with Gasteiger partial charge in [0.15, 0.2) is 5.82 Å². The average Bonchev–Trinajstić information content (AvgIpc) is 2.39. The summed E-state index contributed by atoms with van der Waals surface area (Å²) in [5.41, 5.74) is 0.436. The standard InChI is InChI=1S/C13H12ClN3O2/c1-2-19-10-6-4-3-5-9(10)13(18)17-12-8-15-7-11(14)16-12/h3-8H,2H2,1H3,(H,16,17,18). The normalized spacial score (nSPS) is 10.0. The van der Waals surface area contributed by atoms with Crippen molar-refractivity contribution in [2.45, 2.75) is 6.92 Å². The number of nitrogens with zero attached hydrogens (tertiary/aromatic N) is 2. The molecule has 0 fully saturated rings. The van der Waals surface area contributed by atoms with E-state index in [1.807, 2.05) is 6.92 Å².